The molecule has 1 amide bonds. The molecule has 0 aromatic heterocycles. The van der Waals surface area contributed by atoms with Gasteiger partial charge in [-0.3, -0.25) is 0 Å². The van der Waals surface area contributed by atoms with E-state index in [9.17, 15) is 4.79 Å². The molecule has 156 valence electrons. The van der Waals surface area contributed by atoms with Crippen molar-refractivity contribution in [2.75, 3.05) is 26.2 Å². The highest BCUT2D eigenvalue weighted by molar-refractivity contribution is 5.67. The molecule has 2 fully saturated rings. The van der Waals surface area contributed by atoms with Crippen molar-refractivity contribution in [2.24, 2.45) is 11.8 Å². The van der Waals surface area contributed by atoms with Crippen LogP contribution in [0.2, 0.25) is 0 Å². The average Bonchev–Trinajstić information content (AvgIpc) is 2.71. The third-order valence-corrected chi connectivity index (χ3v) is 5.82. The molecule has 0 bridgehead atoms. The van der Waals surface area contributed by atoms with Crippen LogP contribution in [0.4, 0.5) is 4.79 Å². The maximum absolute atomic E-state index is 12.4. The quantitative estimate of drug-likeness (QED) is 0.760. The van der Waals surface area contributed by atoms with E-state index in [1.165, 1.54) is 32.1 Å². The van der Waals surface area contributed by atoms with E-state index >= 15 is 0 Å². The molecule has 1 aromatic carbocycles. The summed E-state index contributed by atoms with van der Waals surface area (Å²) in [7, 11) is 0. The molecule has 1 saturated heterocycles. The fraction of sp³-hybridized carbons (Fsp3) is 0.696. The molecule has 5 heteroatoms. The van der Waals surface area contributed by atoms with Gasteiger partial charge in [-0.05, 0) is 36.7 Å². The maximum atomic E-state index is 12.4. The van der Waals surface area contributed by atoms with Gasteiger partial charge < -0.3 is 19.7 Å². The molecule has 1 aliphatic heterocycles. The van der Waals surface area contributed by atoms with Crippen LogP contribution in [0, 0.1) is 11.8 Å². The maximum Gasteiger partial charge on any atom is 0.410 e. The molecule has 0 spiro atoms. The van der Waals surface area contributed by atoms with Crippen molar-refractivity contribution in [3.63, 3.8) is 0 Å². The van der Waals surface area contributed by atoms with Crippen LogP contribution in [0.5, 0.6) is 0 Å². The molecule has 1 aromatic rings. The van der Waals surface area contributed by atoms with Gasteiger partial charge in [0.15, 0.2) is 0 Å². The average molecular weight is 389 g/mol. The molecule has 3 rings (SSSR count). The highest BCUT2D eigenvalue weighted by Crippen LogP contribution is 2.29. The van der Waals surface area contributed by atoms with Crippen molar-refractivity contribution in [1.82, 2.24) is 10.2 Å². The lowest BCUT2D eigenvalue weighted by Crippen LogP contribution is -2.50. The van der Waals surface area contributed by atoms with Crippen molar-refractivity contribution in [3.05, 3.63) is 35.9 Å². The molecule has 1 heterocycles. The van der Waals surface area contributed by atoms with E-state index in [1.54, 1.807) is 4.90 Å². The number of morpholine rings is 1. The lowest BCUT2D eigenvalue weighted by molar-refractivity contribution is -0.0286. The van der Waals surface area contributed by atoms with Gasteiger partial charge in [-0.2, -0.15) is 0 Å². The van der Waals surface area contributed by atoms with Gasteiger partial charge >= 0.3 is 6.09 Å². The van der Waals surface area contributed by atoms with Crippen molar-refractivity contribution < 1.29 is 14.3 Å². The predicted molar refractivity (Wildman–Crippen MR) is 111 cm³/mol. The molecule has 28 heavy (non-hydrogen) atoms. The van der Waals surface area contributed by atoms with Crippen LogP contribution in [0.25, 0.3) is 0 Å². The van der Waals surface area contributed by atoms with Gasteiger partial charge in [0, 0.05) is 19.1 Å². The summed E-state index contributed by atoms with van der Waals surface area (Å²) in [4.78, 5) is 14.2. The second-order valence-electron chi connectivity index (χ2n) is 8.75. The summed E-state index contributed by atoms with van der Waals surface area (Å²) in [6.45, 7) is 7.54. The topological polar surface area (TPSA) is 50.8 Å². The van der Waals surface area contributed by atoms with Gasteiger partial charge in [0.05, 0.1) is 19.3 Å². The third-order valence-electron chi connectivity index (χ3n) is 5.82. The normalized spacial score (nSPS) is 25.7. The SMILES string of the molecule is CC(C)CC1CCCC(NCC2CN(C(=O)OCc3ccccc3)CCO2)C1. The standard InChI is InChI=1S/C23H36N2O3/c1-18(2)13-20-9-6-10-21(14-20)24-15-22-16-25(11-12-27-22)23(26)28-17-19-7-4-3-5-8-19/h3-5,7-8,18,20-22,24H,6,9-17H2,1-2H3. The number of nitrogens with one attached hydrogen (secondary N) is 1. The summed E-state index contributed by atoms with van der Waals surface area (Å²) in [6.07, 6.45) is 6.35. The van der Waals surface area contributed by atoms with Crippen molar-refractivity contribution in [1.29, 1.82) is 0 Å². The number of carbonyl (C=O) groups is 1. The monoisotopic (exact) mass is 388 g/mol. The van der Waals surface area contributed by atoms with Crippen LogP contribution >= 0.6 is 0 Å². The fourth-order valence-corrected chi connectivity index (χ4v) is 4.47. The van der Waals surface area contributed by atoms with Gasteiger partial charge in [0.1, 0.15) is 6.61 Å². The molecular formula is C23H36N2O3. The minimum Gasteiger partial charge on any atom is -0.445 e. The van der Waals surface area contributed by atoms with Crippen LogP contribution in [0.3, 0.4) is 0 Å². The van der Waals surface area contributed by atoms with Crippen LogP contribution in [-0.4, -0.2) is 49.4 Å². The number of ether oxygens (including phenoxy) is 2. The molecule has 2 aliphatic rings. The first-order chi connectivity index (χ1) is 13.6. The van der Waals surface area contributed by atoms with E-state index in [1.807, 2.05) is 30.3 Å². The first kappa shape index (κ1) is 21.1. The summed E-state index contributed by atoms with van der Waals surface area (Å²) in [5, 5.41) is 3.71. The number of carbonyl (C=O) groups excluding carboxylic acids is 1. The van der Waals surface area contributed by atoms with Crippen LogP contribution in [0.1, 0.15) is 51.5 Å². The van der Waals surface area contributed by atoms with E-state index < -0.39 is 0 Å². The lowest BCUT2D eigenvalue weighted by atomic mass is 9.81. The predicted octanol–water partition coefficient (Wildman–Crippen LogP) is 4.22. The summed E-state index contributed by atoms with van der Waals surface area (Å²) in [6, 6.07) is 10.4. The smallest absolute Gasteiger partial charge is 0.410 e. The number of benzene rings is 1. The van der Waals surface area contributed by atoms with Gasteiger partial charge in [0.25, 0.3) is 0 Å². The zero-order valence-electron chi connectivity index (χ0n) is 17.4. The van der Waals surface area contributed by atoms with Crippen molar-refractivity contribution >= 4 is 6.09 Å². The summed E-state index contributed by atoms with van der Waals surface area (Å²) < 4.78 is 11.4. The van der Waals surface area contributed by atoms with E-state index in [4.69, 9.17) is 9.47 Å². The van der Waals surface area contributed by atoms with Gasteiger partial charge in [-0.15, -0.1) is 0 Å². The molecule has 3 unspecified atom stereocenters. The van der Waals surface area contributed by atoms with Crippen LogP contribution < -0.4 is 5.32 Å². The Morgan fingerprint density at radius 3 is 2.89 bits per heavy atom. The Hall–Kier alpha value is -1.59. The summed E-state index contributed by atoms with van der Waals surface area (Å²) >= 11 is 0. The van der Waals surface area contributed by atoms with Gasteiger partial charge in [0.2, 0.25) is 0 Å². The lowest BCUT2D eigenvalue weighted by Gasteiger charge is -2.35. The Kier molecular flexibility index (Phi) is 8.16. The summed E-state index contributed by atoms with van der Waals surface area (Å²) in [5.41, 5.74) is 1.01. The number of rotatable bonds is 7. The van der Waals surface area contributed by atoms with E-state index in [2.05, 4.69) is 19.2 Å². The molecule has 5 nitrogen and oxygen atoms in total. The second kappa shape index (κ2) is 10.8. The van der Waals surface area contributed by atoms with E-state index in [-0.39, 0.29) is 12.2 Å². The highest BCUT2D eigenvalue weighted by Gasteiger charge is 2.27. The molecule has 1 saturated carbocycles. The van der Waals surface area contributed by atoms with E-state index in [0.717, 1.165) is 23.9 Å². The molecule has 1 aliphatic carbocycles. The van der Waals surface area contributed by atoms with Crippen LogP contribution in [-0.2, 0) is 16.1 Å². The number of amides is 1. The minimum atomic E-state index is -0.244. The fourth-order valence-electron chi connectivity index (χ4n) is 4.47. The Labute approximate surface area is 169 Å². The molecular weight excluding hydrogens is 352 g/mol. The molecule has 0 radical (unpaired) electrons. The largest absolute Gasteiger partial charge is 0.445 e. The summed E-state index contributed by atoms with van der Waals surface area (Å²) in [5.74, 6) is 1.63. The Balaban J connectivity index is 1.39. The Morgan fingerprint density at radius 1 is 1.29 bits per heavy atom. The van der Waals surface area contributed by atoms with E-state index in [0.29, 0.717) is 32.3 Å². The molecule has 3 atom stereocenters. The van der Waals surface area contributed by atoms with Crippen molar-refractivity contribution in [2.45, 2.75) is 64.7 Å². The zero-order valence-corrected chi connectivity index (χ0v) is 17.4. The van der Waals surface area contributed by atoms with Gasteiger partial charge in [-0.25, -0.2) is 4.79 Å². The third kappa shape index (κ3) is 6.78. The first-order valence-electron chi connectivity index (χ1n) is 10.9. The number of hydrogen-bond donors (Lipinski definition) is 1. The molecule has 1 N–H and O–H groups in total. The van der Waals surface area contributed by atoms with Crippen molar-refractivity contribution in [3.8, 4) is 0 Å². The van der Waals surface area contributed by atoms with Gasteiger partial charge in [-0.1, -0.05) is 57.0 Å². The second-order valence-corrected chi connectivity index (χ2v) is 8.75. The first-order valence-corrected chi connectivity index (χ1v) is 10.9. The van der Waals surface area contributed by atoms with Crippen LogP contribution in [0.15, 0.2) is 30.3 Å². The number of nitrogens with zero attached hydrogens (tertiary/aromatic N) is 1. The Bertz CT molecular complexity index is 593. The minimum absolute atomic E-state index is 0.0449. The highest BCUT2D eigenvalue weighted by atomic mass is 16.6. The zero-order chi connectivity index (χ0) is 19.8. The Morgan fingerprint density at radius 2 is 2.11 bits per heavy atom. The number of hydrogen-bond acceptors (Lipinski definition) is 4.